The maximum atomic E-state index is 13.2. The van der Waals surface area contributed by atoms with Crippen LogP contribution in [0.4, 0.5) is 5.69 Å². The van der Waals surface area contributed by atoms with E-state index in [9.17, 15) is 9.59 Å². The lowest BCUT2D eigenvalue weighted by Gasteiger charge is -2.13. The molecule has 3 aromatic rings. The normalized spacial score (nSPS) is 14.4. The summed E-state index contributed by atoms with van der Waals surface area (Å²) in [6, 6.07) is 15.8. The Morgan fingerprint density at radius 2 is 1.79 bits per heavy atom. The van der Waals surface area contributed by atoms with Gasteiger partial charge in [0.1, 0.15) is 10.9 Å². The fourth-order valence-corrected chi connectivity index (χ4v) is 5.83. The first-order valence-electron chi connectivity index (χ1n) is 13.6. The molecule has 0 atom stereocenters. The second kappa shape index (κ2) is 13.7. The van der Waals surface area contributed by atoms with Gasteiger partial charge in [0.25, 0.3) is 5.91 Å². The smallest absolute Gasteiger partial charge is 0.266 e. The van der Waals surface area contributed by atoms with Crippen molar-refractivity contribution in [3.05, 3.63) is 76.3 Å². The first kappa shape index (κ1) is 28.8. The Kier molecular flexibility index (Phi) is 10.1. The van der Waals surface area contributed by atoms with E-state index in [0.717, 1.165) is 46.5 Å². The van der Waals surface area contributed by atoms with Crippen molar-refractivity contribution in [1.29, 1.82) is 0 Å². The highest BCUT2D eigenvalue weighted by atomic mass is 32.2. The van der Waals surface area contributed by atoms with Crippen molar-refractivity contribution in [2.75, 3.05) is 11.9 Å². The van der Waals surface area contributed by atoms with Gasteiger partial charge in [-0.1, -0.05) is 105 Å². The molecule has 2 heterocycles. The van der Waals surface area contributed by atoms with E-state index in [1.807, 2.05) is 74.7 Å². The molecule has 0 saturated carbocycles. The van der Waals surface area contributed by atoms with E-state index in [1.165, 1.54) is 37.4 Å². The van der Waals surface area contributed by atoms with Crippen molar-refractivity contribution in [3.63, 3.8) is 0 Å². The number of thiocarbonyl (C=S) groups is 1. The highest BCUT2D eigenvalue weighted by molar-refractivity contribution is 8.26. The summed E-state index contributed by atoms with van der Waals surface area (Å²) in [7, 11) is 0. The van der Waals surface area contributed by atoms with Crippen LogP contribution in [0, 0.1) is 13.8 Å². The van der Waals surface area contributed by atoms with Crippen molar-refractivity contribution >= 4 is 51.9 Å². The summed E-state index contributed by atoms with van der Waals surface area (Å²) >= 11 is 6.89. The van der Waals surface area contributed by atoms with Crippen LogP contribution in [0.3, 0.4) is 0 Å². The summed E-state index contributed by atoms with van der Waals surface area (Å²) < 4.78 is 2.23. The Morgan fingerprint density at radius 3 is 2.56 bits per heavy atom. The highest BCUT2D eigenvalue weighted by Gasteiger charge is 2.32. The van der Waals surface area contributed by atoms with Crippen LogP contribution in [0.5, 0.6) is 0 Å². The highest BCUT2D eigenvalue weighted by Crippen LogP contribution is 2.34. The molecule has 0 radical (unpaired) electrons. The Bertz CT molecular complexity index is 1360. The van der Waals surface area contributed by atoms with Gasteiger partial charge < -0.3 is 5.32 Å². The first-order chi connectivity index (χ1) is 18.9. The van der Waals surface area contributed by atoms with Gasteiger partial charge in [-0.2, -0.15) is 5.10 Å². The number of nitrogens with one attached hydrogen (secondary N) is 1. The Labute approximate surface area is 240 Å². The van der Waals surface area contributed by atoms with Gasteiger partial charge in [-0.25, -0.2) is 0 Å². The molecule has 1 fully saturated rings. The quantitative estimate of drug-likeness (QED) is 0.142. The summed E-state index contributed by atoms with van der Waals surface area (Å²) in [6.07, 6.45) is 10.6. The molecule has 1 aromatic heterocycles. The standard InChI is InChI=1S/C31H36N4O2S2/c1-4-5-6-7-8-12-17-35-30(37)27(39-31(35)38)19-25-20-34(33-29(25)24-13-10-9-11-14-24)21-28(36)32-26-18-22(2)15-16-23(26)3/h9-11,13-16,18-20H,4-8,12,17,21H2,1-3H3,(H,32,36)/b27-19+. The number of benzene rings is 2. The number of nitrogens with zero attached hydrogens (tertiary/aromatic N) is 3. The molecular weight excluding hydrogens is 525 g/mol. The van der Waals surface area contributed by atoms with Crippen LogP contribution >= 0.6 is 24.0 Å². The molecule has 204 valence electrons. The zero-order valence-corrected chi connectivity index (χ0v) is 24.5. The van der Waals surface area contributed by atoms with Crippen LogP contribution in [0.2, 0.25) is 0 Å². The average molecular weight is 561 g/mol. The number of anilines is 1. The maximum absolute atomic E-state index is 13.2. The summed E-state index contributed by atoms with van der Waals surface area (Å²) in [5.41, 5.74) is 5.29. The number of aryl methyl sites for hydroxylation is 2. The van der Waals surface area contributed by atoms with Gasteiger partial charge in [-0.15, -0.1) is 0 Å². The molecule has 1 N–H and O–H groups in total. The lowest BCUT2D eigenvalue weighted by atomic mass is 10.1. The number of aromatic nitrogens is 2. The predicted octanol–water partition coefficient (Wildman–Crippen LogP) is 7.37. The third-order valence-electron chi connectivity index (χ3n) is 6.71. The van der Waals surface area contributed by atoms with Gasteiger partial charge in [0.15, 0.2) is 0 Å². The minimum absolute atomic E-state index is 0.0556. The topological polar surface area (TPSA) is 67.2 Å². The molecule has 0 aliphatic carbocycles. The third kappa shape index (κ3) is 7.67. The van der Waals surface area contributed by atoms with Crippen molar-refractivity contribution in [1.82, 2.24) is 14.7 Å². The van der Waals surface area contributed by atoms with Crippen molar-refractivity contribution < 1.29 is 9.59 Å². The average Bonchev–Trinajstić information content (AvgIpc) is 3.43. The van der Waals surface area contributed by atoms with Gasteiger partial charge >= 0.3 is 0 Å². The number of hydrogen-bond donors (Lipinski definition) is 1. The van der Waals surface area contributed by atoms with E-state index >= 15 is 0 Å². The van der Waals surface area contributed by atoms with E-state index in [1.54, 1.807) is 9.58 Å². The van der Waals surface area contributed by atoms with Crippen LogP contribution < -0.4 is 5.32 Å². The van der Waals surface area contributed by atoms with E-state index in [-0.39, 0.29) is 18.4 Å². The number of carbonyl (C=O) groups is 2. The molecule has 1 aliphatic heterocycles. The van der Waals surface area contributed by atoms with Crippen molar-refractivity contribution in [3.8, 4) is 11.3 Å². The SMILES string of the molecule is CCCCCCCCN1C(=O)/C(=C\c2cn(CC(=O)Nc3cc(C)ccc3C)nc2-c2ccccc2)SC1=S. The Morgan fingerprint density at radius 1 is 1.05 bits per heavy atom. The van der Waals surface area contributed by atoms with Gasteiger partial charge in [0, 0.05) is 29.6 Å². The van der Waals surface area contributed by atoms with Crippen molar-refractivity contribution in [2.45, 2.75) is 65.8 Å². The molecule has 0 spiro atoms. The fourth-order valence-electron chi connectivity index (χ4n) is 4.54. The molecule has 0 bridgehead atoms. The molecule has 39 heavy (non-hydrogen) atoms. The van der Waals surface area contributed by atoms with Gasteiger partial charge in [0.2, 0.25) is 5.91 Å². The van der Waals surface area contributed by atoms with E-state index in [0.29, 0.717) is 15.8 Å². The zero-order valence-electron chi connectivity index (χ0n) is 22.9. The number of carbonyl (C=O) groups excluding carboxylic acids is 2. The van der Waals surface area contributed by atoms with Crippen LogP contribution in [0.15, 0.2) is 59.6 Å². The van der Waals surface area contributed by atoms with Crippen LogP contribution in [-0.2, 0) is 16.1 Å². The molecule has 2 aromatic carbocycles. The number of hydrogen-bond acceptors (Lipinski definition) is 5. The summed E-state index contributed by atoms with van der Waals surface area (Å²) in [5.74, 6) is -0.222. The van der Waals surface area contributed by atoms with Crippen LogP contribution in [-0.4, -0.2) is 37.4 Å². The predicted molar refractivity (Wildman–Crippen MR) is 165 cm³/mol. The van der Waals surface area contributed by atoms with Crippen LogP contribution in [0.1, 0.15) is 62.1 Å². The number of rotatable bonds is 12. The number of unbranched alkanes of at least 4 members (excludes halogenated alkanes) is 5. The second-order valence-corrected chi connectivity index (χ2v) is 11.6. The molecule has 6 nitrogen and oxygen atoms in total. The molecule has 1 aliphatic rings. The zero-order chi connectivity index (χ0) is 27.8. The minimum Gasteiger partial charge on any atom is -0.324 e. The van der Waals surface area contributed by atoms with E-state index in [2.05, 4.69) is 12.2 Å². The summed E-state index contributed by atoms with van der Waals surface area (Å²) in [6.45, 7) is 6.88. The first-order valence-corrected chi connectivity index (χ1v) is 14.8. The Hall–Kier alpha value is -3.23. The van der Waals surface area contributed by atoms with Gasteiger partial charge in [0.05, 0.1) is 10.6 Å². The summed E-state index contributed by atoms with van der Waals surface area (Å²) in [5, 5.41) is 7.73. The van der Waals surface area contributed by atoms with Crippen molar-refractivity contribution in [2.24, 2.45) is 0 Å². The number of amides is 2. The lowest BCUT2D eigenvalue weighted by molar-refractivity contribution is -0.122. The van der Waals surface area contributed by atoms with E-state index in [4.69, 9.17) is 17.3 Å². The molecule has 4 rings (SSSR count). The lowest BCUT2D eigenvalue weighted by Crippen LogP contribution is -2.29. The monoisotopic (exact) mass is 560 g/mol. The van der Waals surface area contributed by atoms with Crippen LogP contribution in [0.25, 0.3) is 17.3 Å². The molecule has 8 heteroatoms. The summed E-state index contributed by atoms with van der Waals surface area (Å²) in [4.78, 5) is 28.4. The number of thioether (sulfide) groups is 1. The molecule has 1 saturated heterocycles. The molecular formula is C31H36N4O2S2. The maximum Gasteiger partial charge on any atom is 0.266 e. The third-order valence-corrected chi connectivity index (χ3v) is 8.08. The molecule has 0 unspecified atom stereocenters. The van der Waals surface area contributed by atoms with Gasteiger partial charge in [-0.05, 0) is 43.5 Å². The minimum atomic E-state index is -0.164. The fraction of sp³-hybridized carbons (Fsp3) is 0.355. The second-order valence-electron chi connectivity index (χ2n) is 9.96. The largest absolute Gasteiger partial charge is 0.324 e. The van der Waals surface area contributed by atoms with Gasteiger partial charge in [-0.3, -0.25) is 19.2 Å². The Balaban J connectivity index is 1.51. The van der Waals surface area contributed by atoms with E-state index < -0.39 is 0 Å². The molecule has 2 amide bonds.